The van der Waals surface area contributed by atoms with Crippen molar-refractivity contribution < 1.29 is 4.79 Å². The zero-order valence-electron chi connectivity index (χ0n) is 8.42. The van der Waals surface area contributed by atoms with Gasteiger partial charge in [-0.25, -0.2) is 0 Å². The molecule has 0 aliphatic carbocycles. The summed E-state index contributed by atoms with van der Waals surface area (Å²) >= 11 is 5.60. The number of rotatable bonds is 4. The Labute approximate surface area is 92.7 Å². The molecule has 15 heavy (non-hydrogen) atoms. The van der Waals surface area contributed by atoms with Crippen LogP contribution in [0.4, 0.5) is 0 Å². The van der Waals surface area contributed by atoms with E-state index in [1.165, 1.54) is 6.07 Å². The Balaban J connectivity index is 2.58. The number of alkyl halides is 1. The number of aromatic amines is 1. The maximum absolute atomic E-state index is 11.5. The summed E-state index contributed by atoms with van der Waals surface area (Å²) in [6.07, 6.45) is 0. The molecule has 1 rings (SSSR count). The Hall–Kier alpha value is -1.29. The summed E-state index contributed by atoms with van der Waals surface area (Å²) in [5.74, 6) is 0.418. The molecule has 0 radical (unpaired) electrons. The fourth-order valence-electron chi connectivity index (χ4n) is 0.997. The van der Waals surface area contributed by atoms with Gasteiger partial charge in [-0.15, -0.1) is 11.6 Å². The number of halogens is 1. The zero-order chi connectivity index (χ0) is 11.3. The van der Waals surface area contributed by atoms with Crippen LogP contribution in [0.3, 0.4) is 0 Å². The van der Waals surface area contributed by atoms with Crippen LogP contribution in [-0.4, -0.2) is 23.3 Å². The molecule has 2 N–H and O–H groups in total. The van der Waals surface area contributed by atoms with E-state index in [0.29, 0.717) is 12.4 Å². The second-order valence-electron chi connectivity index (χ2n) is 3.40. The van der Waals surface area contributed by atoms with Crippen molar-refractivity contribution in [1.29, 1.82) is 0 Å². The van der Waals surface area contributed by atoms with E-state index in [1.807, 2.05) is 6.92 Å². The predicted octanol–water partition coefficient (Wildman–Crippen LogP) is 0.980. The first kappa shape index (κ1) is 11.8. The maximum Gasteiger partial charge on any atom is 0.267 e. The van der Waals surface area contributed by atoms with Gasteiger partial charge in [-0.1, -0.05) is 13.0 Å². The first-order valence-electron chi connectivity index (χ1n) is 4.67. The van der Waals surface area contributed by atoms with Gasteiger partial charge >= 0.3 is 0 Å². The van der Waals surface area contributed by atoms with Crippen LogP contribution in [-0.2, 0) is 0 Å². The second kappa shape index (κ2) is 5.56. The molecule has 1 aromatic heterocycles. The van der Waals surface area contributed by atoms with Crippen molar-refractivity contribution >= 4 is 17.5 Å². The van der Waals surface area contributed by atoms with Crippen molar-refractivity contribution in [3.8, 4) is 0 Å². The van der Waals surface area contributed by atoms with Crippen LogP contribution in [0, 0.1) is 5.92 Å². The molecule has 0 bridgehead atoms. The van der Waals surface area contributed by atoms with Crippen LogP contribution < -0.4 is 10.9 Å². The molecule has 1 amide bonds. The third-order valence-electron chi connectivity index (χ3n) is 1.89. The van der Waals surface area contributed by atoms with E-state index in [1.54, 1.807) is 12.1 Å². The van der Waals surface area contributed by atoms with E-state index < -0.39 is 0 Å². The van der Waals surface area contributed by atoms with Crippen LogP contribution in [0.1, 0.15) is 17.4 Å². The maximum atomic E-state index is 11.5. The number of pyridine rings is 1. The van der Waals surface area contributed by atoms with E-state index in [9.17, 15) is 9.59 Å². The number of nitrogens with one attached hydrogen (secondary N) is 2. The first-order valence-corrected chi connectivity index (χ1v) is 5.20. The lowest BCUT2D eigenvalue weighted by Crippen LogP contribution is -2.30. The van der Waals surface area contributed by atoms with Crippen LogP contribution >= 0.6 is 11.6 Å². The van der Waals surface area contributed by atoms with Gasteiger partial charge in [-0.05, 0) is 12.0 Å². The third-order valence-corrected chi connectivity index (χ3v) is 2.41. The van der Waals surface area contributed by atoms with E-state index in [-0.39, 0.29) is 23.1 Å². The molecule has 1 heterocycles. The smallest absolute Gasteiger partial charge is 0.267 e. The van der Waals surface area contributed by atoms with Gasteiger partial charge in [0.15, 0.2) is 0 Å². The van der Waals surface area contributed by atoms with Gasteiger partial charge in [-0.2, -0.15) is 0 Å². The van der Waals surface area contributed by atoms with E-state index >= 15 is 0 Å². The molecule has 0 aromatic carbocycles. The highest BCUT2D eigenvalue weighted by atomic mass is 35.5. The van der Waals surface area contributed by atoms with Crippen molar-refractivity contribution in [2.24, 2.45) is 5.92 Å². The molecule has 0 spiro atoms. The number of carbonyl (C=O) groups is 1. The summed E-state index contributed by atoms with van der Waals surface area (Å²) in [7, 11) is 0. The lowest BCUT2D eigenvalue weighted by Gasteiger charge is -2.08. The Morgan fingerprint density at radius 3 is 2.93 bits per heavy atom. The number of carbonyl (C=O) groups excluding carboxylic acids is 1. The number of aromatic nitrogens is 1. The number of H-pyrrole nitrogens is 1. The molecule has 1 aromatic rings. The van der Waals surface area contributed by atoms with Crippen LogP contribution in [0.25, 0.3) is 0 Å². The summed E-state index contributed by atoms with van der Waals surface area (Å²) < 4.78 is 0. The molecular weight excluding hydrogens is 216 g/mol. The molecule has 0 fully saturated rings. The van der Waals surface area contributed by atoms with Gasteiger partial charge in [-0.3, -0.25) is 9.59 Å². The van der Waals surface area contributed by atoms with Crippen molar-refractivity contribution in [2.45, 2.75) is 6.92 Å². The van der Waals surface area contributed by atoms with Crippen molar-refractivity contribution in [2.75, 3.05) is 12.4 Å². The topological polar surface area (TPSA) is 62.0 Å². The van der Waals surface area contributed by atoms with Crippen molar-refractivity contribution in [1.82, 2.24) is 10.3 Å². The third kappa shape index (κ3) is 3.75. The highest BCUT2D eigenvalue weighted by Crippen LogP contribution is 1.96. The molecule has 5 heteroatoms. The highest BCUT2D eigenvalue weighted by Gasteiger charge is 2.07. The van der Waals surface area contributed by atoms with Crippen LogP contribution in [0.2, 0.25) is 0 Å². The minimum atomic E-state index is -0.287. The largest absolute Gasteiger partial charge is 0.350 e. The summed E-state index contributed by atoms with van der Waals surface area (Å²) in [6.45, 7) is 2.43. The minimum absolute atomic E-state index is 0.214. The number of hydrogen-bond acceptors (Lipinski definition) is 2. The molecule has 0 aliphatic rings. The molecule has 4 nitrogen and oxygen atoms in total. The van der Waals surface area contributed by atoms with Gasteiger partial charge < -0.3 is 10.3 Å². The SMILES string of the molecule is CC(CCl)CNC(=O)c1cccc(=O)[nH]1. The number of hydrogen-bond donors (Lipinski definition) is 2. The fraction of sp³-hybridized carbons (Fsp3) is 0.400. The Morgan fingerprint density at radius 2 is 2.33 bits per heavy atom. The Bertz CT molecular complexity index is 389. The normalized spacial score (nSPS) is 12.1. The van der Waals surface area contributed by atoms with E-state index in [0.717, 1.165) is 0 Å². The quantitative estimate of drug-likeness (QED) is 0.755. The van der Waals surface area contributed by atoms with Gasteiger partial charge in [0.25, 0.3) is 5.91 Å². The van der Waals surface area contributed by atoms with E-state index in [2.05, 4.69) is 10.3 Å². The van der Waals surface area contributed by atoms with E-state index in [4.69, 9.17) is 11.6 Å². The first-order chi connectivity index (χ1) is 7.13. The van der Waals surface area contributed by atoms with Crippen molar-refractivity contribution in [3.63, 3.8) is 0 Å². The molecule has 0 aliphatic heterocycles. The van der Waals surface area contributed by atoms with Gasteiger partial charge in [0, 0.05) is 18.5 Å². The average molecular weight is 229 g/mol. The molecule has 1 atom stereocenters. The molecular formula is C10H13ClN2O2. The lowest BCUT2D eigenvalue weighted by atomic mass is 10.2. The summed E-state index contributed by atoms with van der Waals surface area (Å²) in [5.41, 5.74) is -0.0164. The van der Waals surface area contributed by atoms with Crippen LogP contribution in [0.5, 0.6) is 0 Å². The molecule has 0 saturated heterocycles. The van der Waals surface area contributed by atoms with Crippen molar-refractivity contribution in [3.05, 3.63) is 34.2 Å². The van der Waals surface area contributed by atoms with Gasteiger partial charge in [0.05, 0.1) is 0 Å². The van der Waals surface area contributed by atoms with Gasteiger partial charge in [0.1, 0.15) is 5.69 Å². The molecule has 82 valence electrons. The lowest BCUT2D eigenvalue weighted by molar-refractivity contribution is 0.0944. The number of amides is 1. The monoisotopic (exact) mass is 228 g/mol. The molecule has 0 saturated carbocycles. The van der Waals surface area contributed by atoms with Crippen LogP contribution in [0.15, 0.2) is 23.0 Å². The predicted molar refractivity (Wildman–Crippen MR) is 59.3 cm³/mol. The summed E-state index contributed by atoms with van der Waals surface area (Å²) in [5, 5.41) is 2.68. The Kier molecular flexibility index (Phi) is 4.37. The standard InChI is InChI=1S/C10H13ClN2O2/c1-7(5-11)6-12-10(15)8-3-2-4-9(14)13-8/h2-4,7H,5-6H2,1H3,(H,12,15)(H,13,14). The second-order valence-corrected chi connectivity index (χ2v) is 3.71. The Morgan fingerprint density at radius 1 is 1.60 bits per heavy atom. The fourth-order valence-corrected chi connectivity index (χ4v) is 1.11. The summed E-state index contributed by atoms with van der Waals surface area (Å²) in [6, 6.07) is 4.46. The highest BCUT2D eigenvalue weighted by molar-refractivity contribution is 6.18. The summed E-state index contributed by atoms with van der Waals surface area (Å²) in [4.78, 5) is 24.9. The zero-order valence-corrected chi connectivity index (χ0v) is 9.17. The average Bonchev–Trinajstić information content (AvgIpc) is 2.25. The molecule has 1 unspecified atom stereocenters. The van der Waals surface area contributed by atoms with Gasteiger partial charge in [0.2, 0.25) is 5.56 Å². The minimum Gasteiger partial charge on any atom is -0.350 e.